The van der Waals surface area contributed by atoms with Gasteiger partial charge in [0.05, 0.1) is 16.6 Å². The van der Waals surface area contributed by atoms with Crippen LogP contribution < -0.4 is 4.74 Å². The van der Waals surface area contributed by atoms with Gasteiger partial charge in [0.25, 0.3) is 0 Å². The number of hydrogen-bond donors (Lipinski definition) is 0. The SMILES string of the molecule is Brc1ccc2c(c1)[C@H]1CC(c3cccs3)=NN1C1(CCCCC1)O2. The highest BCUT2D eigenvalue weighted by atomic mass is 79.9. The number of thiophene rings is 1. The second-order valence-electron chi connectivity index (χ2n) is 6.88. The van der Waals surface area contributed by atoms with Crippen LogP contribution in [0.1, 0.15) is 55.0 Å². The van der Waals surface area contributed by atoms with Crippen molar-refractivity contribution in [2.75, 3.05) is 0 Å². The topological polar surface area (TPSA) is 24.8 Å². The summed E-state index contributed by atoms with van der Waals surface area (Å²) in [7, 11) is 0. The number of benzene rings is 1. The highest BCUT2D eigenvalue weighted by molar-refractivity contribution is 9.10. The Balaban J connectivity index is 1.62. The molecule has 0 saturated heterocycles. The van der Waals surface area contributed by atoms with Gasteiger partial charge in [-0.25, -0.2) is 5.01 Å². The summed E-state index contributed by atoms with van der Waals surface area (Å²) in [5, 5.41) is 9.51. The van der Waals surface area contributed by atoms with Crippen molar-refractivity contribution in [3.63, 3.8) is 0 Å². The molecule has 3 nitrogen and oxygen atoms in total. The van der Waals surface area contributed by atoms with E-state index in [4.69, 9.17) is 9.84 Å². The molecule has 1 atom stereocenters. The number of hydrazone groups is 1. The summed E-state index contributed by atoms with van der Waals surface area (Å²) < 4.78 is 7.70. The van der Waals surface area contributed by atoms with Gasteiger partial charge in [0.15, 0.2) is 5.72 Å². The number of hydrogen-bond acceptors (Lipinski definition) is 4. The Morgan fingerprint density at radius 1 is 1.21 bits per heavy atom. The van der Waals surface area contributed by atoms with Crippen molar-refractivity contribution in [3.05, 3.63) is 50.6 Å². The molecule has 5 heteroatoms. The minimum atomic E-state index is -0.247. The molecule has 24 heavy (non-hydrogen) atoms. The lowest BCUT2D eigenvalue weighted by atomic mass is 9.87. The van der Waals surface area contributed by atoms with Crippen LogP contribution in [0, 0.1) is 0 Å². The zero-order valence-corrected chi connectivity index (χ0v) is 15.8. The maximum absolute atomic E-state index is 6.60. The standard InChI is InChI=1S/C19H19BrN2OS/c20-13-6-7-17-14(11-13)16-12-15(18-5-4-10-24-18)21-22(16)19(23-17)8-2-1-3-9-19/h4-7,10-11,16H,1-3,8-9,12H2/t16-/m1/s1. The van der Waals surface area contributed by atoms with E-state index in [1.165, 1.54) is 35.4 Å². The normalized spacial score (nSPS) is 24.3. The van der Waals surface area contributed by atoms with E-state index >= 15 is 0 Å². The molecule has 0 radical (unpaired) electrons. The quantitative estimate of drug-likeness (QED) is 0.609. The lowest BCUT2D eigenvalue weighted by molar-refractivity contribution is -0.140. The molecule has 1 aliphatic carbocycles. The number of rotatable bonds is 1. The highest BCUT2D eigenvalue weighted by Crippen LogP contribution is 2.51. The maximum Gasteiger partial charge on any atom is 0.198 e. The van der Waals surface area contributed by atoms with E-state index in [1.807, 2.05) is 0 Å². The van der Waals surface area contributed by atoms with Crippen LogP contribution in [0.4, 0.5) is 0 Å². The Kier molecular flexibility index (Phi) is 3.49. The zero-order chi connectivity index (χ0) is 16.1. The van der Waals surface area contributed by atoms with Gasteiger partial charge in [0, 0.05) is 29.3 Å². The van der Waals surface area contributed by atoms with Gasteiger partial charge in [-0.15, -0.1) is 11.3 Å². The Labute approximate surface area is 154 Å². The molecule has 1 aromatic carbocycles. The van der Waals surface area contributed by atoms with Gasteiger partial charge in [0.2, 0.25) is 0 Å². The first-order valence-electron chi connectivity index (χ1n) is 8.64. The number of fused-ring (bicyclic) bond motifs is 4. The molecule has 2 aliphatic heterocycles. The van der Waals surface area contributed by atoms with Crippen LogP contribution in [-0.4, -0.2) is 16.4 Å². The second kappa shape index (κ2) is 5.60. The van der Waals surface area contributed by atoms with E-state index in [2.05, 4.69) is 56.7 Å². The largest absolute Gasteiger partial charge is 0.466 e. The van der Waals surface area contributed by atoms with Crippen molar-refractivity contribution in [2.24, 2.45) is 5.10 Å². The molecule has 124 valence electrons. The Bertz CT molecular complexity index is 796. The van der Waals surface area contributed by atoms with Crippen LogP contribution in [0.25, 0.3) is 0 Å². The Morgan fingerprint density at radius 3 is 2.88 bits per heavy atom. The number of halogens is 1. The summed E-state index contributed by atoms with van der Waals surface area (Å²) in [5.41, 5.74) is 2.22. The first-order valence-corrected chi connectivity index (χ1v) is 10.3. The van der Waals surface area contributed by atoms with Gasteiger partial charge in [0.1, 0.15) is 5.75 Å². The van der Waals surface area contributed by atoms with Gasteiger partial charge in [-0.3, -0.25) is 0 Å². The highest BCUT2D eigenvalue weighted by Gasteiger charge is 2.50. The van der Waals surface area contributed by atoms with Gasteiger partial charge < -0.3 is 4.74 Å². The summed E-state index contributed by atoms with van der Waals surface area (Å²) >= 11 is 5.40. The lowest BCUT2D eigenvalue weighted by Crippen LogP contribution is -2.54. The van der Waals surface area contributed by atoms with E-state index in [0.717, 1.165) is 29.5 Å². The fraction of sp³-hybridized carbons (Fsp3) is 0.421. The molecular weight excluding hydrogens is 384 g/mol. The minimum Gasteiger partial charge on any atom is -0.466 e. The average Bonchev–Trinajstić information content (AvgIpc) is 3.26. The molecule has 5 rings (SSSR count). The summed E-state index contributed by atoms with van der Waals surface area (Å²) in [4.78, 5) is 1.28. The smallest absolute Gasteiger partial charge is 0.198 e. The van der Waals surface area contributed by atoms with Gasteiger partial charge in [-0.2, -0.15) is 5.10 Å². The molecule has 1 spiro atoms. The molecule has 1 fully saturated rings. The van der Waals surface area contributed by atoms with Crippen molar-refractivity contribution < 1.29 is 4.74 Å². The van der Waals surface area contributed by atoms with Gasteiger partial charge in [-0.1, -0.05) is 28.4 Å². The minimum absolute atomic E-state index is 0.247. The summed E-state index contributed by atoms with van der Waals surface area (Å²) in [6.07, 6.45) is 6.85. The third-order valence-electron chi connectivity index (χ3n) is 5.40. The third kappa shape index (κ3) is 2.25. The second-order valence-corrected chi connectivity index (χ2v) is 8.74. The third-order valence-corrected chi connectivity index (χ3v) is 6.81. The van der Waals surface area contributed by atoms with Crippen molar-refractivity contribution >= 4 is 33.0 Å². The first kappa shape index (κ1) is 15.0. The fourth-order valence-electron chi connectivity index (χ4n) is 4.28. The Hall–Kier alpha value is -1.33. The lowest BCUT2D eigenvalue weighted by Gasteiger charge is -2.49. The molecule has 1 saturated carbocycles. The van der Waals surface area contributed by atoms with Crippen molar-refractivity contribution in [1.82, 2.24) is 5.01 Å². The fourth-order valence-corrected chi connectivity index (χ4v) is 5.38. The van der Waals surface area contributed by atoms with E-state index in [-0.39, 0.29) is 5.72 Å². The number of nitrogens with zero attached hydrogens (tertiary/aromatic N) is 2. The van der Waals surface area contributed by atoms with Gasteiger partial charge >= 0.3 is 0 Å². The van der Waals surface area contributed by atoms with Crippen LogP contribution in [-0.2, 0) is 0 Å². The van der Waals surface area contributed by atoms with Crippen LogP contribution in [0.15, 0.2) is 45.3 Å². The molecule has 1 aromatic heterocycles. The summed E-state index contributed by atoms with van der Waals surface area (Å²) in [6.45, 7) is 0. The molecular formula is C19H19BrN2OS. The Morgan fingerprint density at radius 2 is 2.08 bits per heavy atom. The van der Waals surface area contributed by atoms with E-state index < -0.39 is 0 Å². The molecule has 0 unspecified atom stereocenters. The first-order chi connectivity index (χ1) is 11.8. The molecule has 2 aromatic rings. The number of ether oxygens (including phenoxy) is 1. The van der Waals surface area contributed by atoms with Crippen LogP contribution in [0.3, 0.4) is 0 Å². The van der Waals surface area contributed by atoms with Gasteiger partial charge in [-0.05, 0) is 42.5 Å². The van der Waals surface area contributed by atoms with E-state index in [1.54, 1.807) is 11.3 Å². The van der Waals surface area contributed by atoms with Crippen molar-refractivity contribution in [2.45, 2.75) is 50.3 Å². The van der Waals surface area contributed by atoms with E-state index in [9.17, 15) is 0 Å². The molecule has 3 heterocycles. The summed E-state index contributed by atoms with van der Waals surface area (Å²) in [6, 6.07) is 11.0. The van der Waals surface area contributed by atoms with Crippen molar-refractivity contribution in [3.8, 4) is 5.75 Å². The zero-order valence-electron chi connectivity index (χ0n) is 13.4. The van der Waals surface area contributed by atoms with Crippen LogP contribution >= 0.6 is 27.3 Å². The molecule has 0 N–H and O–H groups in total. The molecule has 0 amide bonds. The predicted octanol–water partition coefficient (Wildman–Crippen LogP) is 5.71. The average molecular weight is 403 g/mol. The predicted molar refractivity (Wildman–Crippen MR) is 101 cm³/mol. The molecule has 0 bridgehead atoms. The van der Waals surface area contributed by atoms with Crippen LogP contribution in [0.2, 0.25) is 0 Å². The monoisotopic (exact) mass is 402 g/mol. The molecule has 3 aliphatic rings. The summed E-state index contributed by atoms with van der Waals surface area (Å²) in [5.74, 6) is 1.05. The van der Waals surface area contributed by atoms with E-state index in [0.29, 0.717) is 6.04 Å². The van der Waals surface area contributed by atoms with Crippen molar-refractivity contribution in [1.29, 1.82) is 0 Å². The van der Waals surface area contributed by atoms with Crippen LogP contribution in [0.5, 0.6) is 5.75 Å². The maximum atomic E-state index is 6.60.